The molecule has 34 heavy (non-hydrogen) atoms. The molecule has 0 aliphatic carbocycles. The predicted molar refractivity (Wildman–Crippen MR) is 141 cm³/mol. The second-order valence-electron chi connectivity index (χ2n) is 9.59. The van der Waals surface area contributed by atoms with Crippen LogP contribution in [0.2, 0.25) is 10.0 Å². The Morgan fingerprint density at radius 3 is 2.59 bits per heavy atom. The van der Waals surface area contributed by atoms with E-state index in [4.69, 9.17) is 27.9 Å². The summed E-state index contributed by atoms with van der Waals surface area (Å²) in [5, 5.41) is 3.92. The summed E-state index contributed by atoms with van der Waals surface area (Å²) in [5.41, 5.74) is 4.28. The summed E-state index contributed by atoms with van der Waals surface area (Å²) < 4.78 is 6.07. The largest absolute Gasteiger partial charge is 0.493 e. The Bertz CT molecular complexity index is 990. The molecule has 186 valence electrons. The Balaban J connectivity index is 1.47. The molecule has 0 aromatic heterocycles. The van der Waals surface area contributed by atoms with E-state index in [9.17, 15) is 4.79 Å². The normalized spacial score (nSPS) is 15.3. The number of unbranched alkanes of at least 4 members (excludes halogenated alkanes) is 1. The van der Waals surface area contributed by atoms with Gasteiger partial charge in [-0.05, 0) is 95.2 Å². The topological polar surface area (TPSA) is 44.8 Å². The second kappa shape index (κ2) is 12.3. The lowest BCUT2D eigenvalue weighted by Crippen LogP contribution is -2.52. The third-order valence-electron chi connectivity index (χ3n) is 6.74. The lowest BCUT2D eigenvalue weighted by molar-refractivity contribution is 0.0569. The third kappa shape index (κ3) is 6.88. The molecule has 1 unspecified atom stereocenters. The van der Waals surface area contributed by atoms with E-state index in [1.165, 1.54) is 16.7 Å². The standard InChI is InChI=1S/C27H37Cl2N3O2/c1-18-19(2)26(34-13-7-6-12-31(4)5)11-9-23(18)20(3)32-16-21(17-32)15-30-27(33)24-14-22(28)8-10-25(24)29/h8-11,14,20-21H,6-7,12-13,15-17H2,1-5H3,(H,30,33). The summed E-state index contributed by atoms with van der Waals surface area (Å²) in [4.78, 5) is 17.1. The molecule has 3 rings (SSSR count). The van der Waals surface area contributed by atoms with Crippen LogP contribution in [0, 0.1) is 19.8 Å². The van der Waals surface area contributed by atoms with Crippen LogP contribution >= 0.6 is 23.2 Å². The highest BCUT2D eigenvalue weighted by molar-refractivity contribution is 6.35. The Kier molecular flexibility index (Phi) is 9.66. The third-order valence-corrected chi connectivity index (χ3v) is 7.31. The van der Waals surface area contributed by atoms with Crippen LogP contribution in [0.15, 0.2) is 30.3 Å². The number of benzene rings is 2. The monoisotopic (exact) mass is 505 g/mol. The van der Waals surface area contributed by atoms with Gasteiger partial charge in [0.2, 0.25) is 0 Å². The molecule has 7 heteroatoms. The maximum Gasteiger partial charge on any atom is 0.252 e. The van der Waals surface area contributed by atoms with Gasteiger partial charge in [-0.3, -0.25) is 9.69 Å². The number of likely N-dealkylation sites (tertiary alicyclic amines) is 1. The highest BCUT2D eigenvalue weighted by Gasteiger charge is 2.32. The van der Waals surface area contributed by atoms with Gasteiger partial charge in [0.05, 0.1) is 17.2 Å². The molecule has 0 bridgehead atoms. The van der Waals surface area contributed by atoms with Crippen molar-refractivity contribution < 1.29 is 9.53 Å². The summed E-state index contributed by atoms with van der Waals surface area (Å²) in [5.74, 6) is 1.24. The number of hydrogen-bond acceptors (Lipinski definition) is 4. The molecular formula is C27H37Cl2N3O2. The number of carbonyl (C=O) groups excluding carboxylic acids is 1. The minimum Gasteiger partial charge on any atom is -0.493 e. The molecule has 1 N–H and O–H groups in total. The molecule has 1 fully saturated rings. The van der Waals surface area contributed by atoms with Crippen LogP contribution in [-0.4, -0.2) is 62.6 Å². The van der Waals surface area contributed by atoms with Crippen molar-refractivity contribution in [1.82, 2.24) is 15.1 Å². The van der Waals surface area contributed by atoms with E-state index >= 15 is 0 Å². The number of rotatable bonds is 11. The Hall–Kier alpha value is -1.79. The van der Waals surface area contributed by atoms with E-state index in [1.807, 2.05) is 0 Å². The molecule has 1 aliphatic heterocycles. The number of halogens is 2. The van der Waals surface area contributed by atoms with Crippen LogP contribution < -0.4 is 10.1 Å². The average Bonchev–Trinajstić information content (AvgIpc) is 2.76. The van der Waals surface area contributed by atoms with E-state index in [0.717, 1.165) is 44.8 Å². The van der Waals surface area contributed by atoms with E-state index in [1.54, 1.807) is 18.2 Å². The Labute approximate surface area is 214 Å². The van der Waals surface area contributed by atoms with Crippen LogP contribution in [0.4, 0.5) is 0 Å². The van der Waals surface area contributed by atoms with Crippen molar-refractivity contribution in [3.8, 4) is 5.75 Å². The van der Waals surface area contributed by atoms with Gasteiger partial charge in [-0.2, -0.15) is 0 Å². The van der Waals surface area contributed by atoms with E-state index in [-0.39, 0.29) is 5.91 Å². The minimum absolute atomic E-state index is 0.178. The molecule has 1 aliphatic rings. The zero-order valence-electron chi connectivity index (χ0n) is 21.0. The number of amides is 1. The number of nitrogens with zero attached hydrogens (tertiary/aromatic N) is 2. The van der Waals surface area contributed by atoms with Gasteiger partial charge in [-0.15, -0.1) is 0 Å². The first-order chi connectivity index (χ1) is 16.2. The highest BCUT2D eigenvalue weighted by atomic mass is 35.5. The van der Waals surface area contributed by atoms with Crippen molar-refractivity contribution in [2.45, 2.75) is 39.7 Å². The van der Waals surface area contributed by atoms with Gasteiger partial charge >= 0.3 is 0 Å². The van der Waals surface area contributed by atoms with E-state index in [0.29, 0.717) is 34.1 Å². The number of nitrogens with one attached hydrogen (secondary N) is 1. The molecule has 0 spiro atoms. The van der Waals surface area contributed by atoms with Crippen molar-refractivity contribution in [1.29, 1.82) is 0 Å². The summed E-state index contributed by atoms with van der Waals surface area (Å²) in [6.07, 6.45) is 2.20. The fourth-order valence-electron chi connectivity index (χ4n) is 4.39. The maximum absolute atomic E-state index is 12.5. The van der Waals surface area contributed by atoms with Crippen LogP contribution in [0.25, 0.3) is 0 Å². The van der Waals surface area contributed by atoms with Crippen LogP contribution in [-0.2, 0) is 0 Å². The van der Waals surface area contributed by atoms with Crippen molar-refractivity contribution in [2.75, 3.05) is 46.9 Å². The van der Waals surface area contributed by atoms with Gasteiger partial charge in [0.15, 0.2) is 0 Å². The van der Waals surface area contributed by atoms with Gasteiger partial charge in [-0.25, -0.2) is 0 Å². The van der Waals surface area contributed by atoms with E-state index < -0.39 is 0 Å². The summed E-state index contributed by atoms with van der Waals surface area (Å²) in [7, 11) is 4.20. The van der Waals surface area contributed by atoms with Gasteiger partial charge < -0.3 is 15.0 Å². The van der Waals surface area contributed by atoms with Crippen molar-refractivity contribution >= 4 is 29.1 Å². The van der Waals surface area contributed by atoms with Crippen LogP contribution in [0.1, 0.15) is 52.9 Å². The number of hydrogen-bond donors (Lipinski definition) is 1. The summed E-state index contributed by atoms with van der Waals surface area (Å²) in [6, 6.07) is 9.58. The Morgan fingerprint density at radius 1 is 1.15 bits per heavy atom. The van der Waals surface area contributed by atoms with Crippen molar-refractivity contribution in [2.24, 2.45) is 5.92 Å². The SMILES string of the molecule is Cc1c(OCCCCN(C)C)ccc(C(C)N2CC(CNC(=O)c3cc(Cl)ccc3Cl)C2)c1C. The number of ether oxygens (including phenoxy) is 1. The molecule has 1 atom stereocenters. The molecule has 1 heterocycles. The fraction of sp³-hybridized carbons (Fsp3) is 0.519. The van der Waals surface area contributed by atoms with E-state index in [2.05, 4.69) is 62.1 Å². The first-order valence-electron chi connectivity index (χ1n) is 12.0. The number of carbonyl (C=O) groups is 1. The Morgan fingerprint density at radius 2 is 1.88 bits per heavy atom. The molecule has 2 aromatic carbocycles. The van der Waals surface area contributed by atoms with Gasteiger partial charge in [-0.1, -0.05) is 29.3 Å². The molecule has 1 amide bonds. The zero-order valence-corrected chi connectivity index (χ0v) is 22.5. The van der Waals surface area contributed by atoms with Crippen molar-refractivity contribution in [3.63, 3.8) is 0 Å². The summed E-state index contributed by atoms with van der Waals surface area (Å²) >= 11 is 12.1. The van der Waals surface area contributed by atoms with Gasteiger partial charge in [0, 0.05) is 36.6 Å². The highest BCUT2D eigenvalue weighted by Crippen LogP contribution is 2.34. The minimum atomic E-state index is -0.178. The van der Waals surface area contributed by atoms with Crippen molar-refractivity contribution in [3.05, 3.63) is 62.6 Å². The second-order valence-corrected chi connectivity index (χ2v) is 10.4. The molecular weight excluding hydrogens is 469 g/mol. The summed E-state index contributed by atoms with van der Waals surface area (Å²) in [6.45, 7) is 11.0. The molecule has 5 nitrogen and oxygen atoms in total. The predicted octanol–water partition coefficient (Wildman–Crippen LogP) is 5.75. The quantitative estimate of drug-likeness (QED) is 0.394. The molecule has 2 aromatic rings. The molecule has 0 radical (unpaired) electrons. The first-order valence-corrected chi connectivity index (χ1v) is 12.8. The van der Waals surface area contributed by atoms with Crippen LogP contribution in [0.5, 0.6) is 5.75 Å². The lowest BCUT2D eigenvalue weighted by Gasteiger charge is -2.44. The average molecular weight is 507 g/mol. The molecule has 0 saturated carbocycles. The zero-order chi connectivity index (χ0) is 24.8. The first kappa shape index (κ1) is 26.8. The lowest BCUT2D eigenvalue weighted by atomic mass is 9.91. The smallest absolute Gasteiger partial charge is 0.252 e. The maximum atomic E-state index is 12.5. The van der Waals surface area contributed by atoms with Gasteiger partial charge in [0.25, 0.3) is 5.91 Å². The fourth-order valence-corrected chi connectivity index (χ4v) is 4.77. The molecule has 1 saturated heterocycles. The van der Waals surface area contributed by atoms with Gasteiger partial charge in [0.1, 0.15) is 5.75 Å². The van der Waals surface area contributed by atoms with Crippen LogP contribution in [0.3, 0.4) is 0 Å².